The molecular formula is C124H132N12O4S. The minimum Gasteiger partial charge on any atom is -0.394 e. The Morgan fingerprint density at radius 1 is 0.220 bits per heavy atom. The molecule has 5 N–H and O–H groups in total. The van der Waals surface area contributed by atoms with Gasteiger partial charge in [-0.1, -0.05) is 359 Å². The van der Waals surface area contributed by atoms with Gasteiger partial charge in [0.1, 0.15) is 0 Å². The van der Waals surface area contributed by atoms with E-state index in [2.05, 4.69) is 449 Å². The predicted octanol–water partition coefficient (Wildman–Crippen LogP) is 25.5. The molecule has 0 saturated carbocycles. The summed E-state index contributed by atoms with van der Waals surface area (Å²) < 4.78 is 35.8. The second kappa shape index (κ2) is 47.5. The lowest BCUT2D eigenvalue weighted by molar-refractivity contribution is 0.0893. The molecule has 19 aromatic rings. The van der Waals surface area contributed by atoms with E-state index in [-0.39, 0.29) is 30.8 Å². The van der Waals surface area contributed by atoms with Gasteiger partial charge in [-0.3, -0.25) is 21.6 Å². The van der Waals surface area contributed by atoms with Crippen molar-refractivity contribution < 1.29 is 19.3 Å². The number of aliphatic hydroxyl groups excluding tert-OH is 1. The van der Waals surface area contributed by atoms with Crippen molar-refractivity contribution in [2.45, 2.75) is 170 Å². The molecule has 0 aliphatic carbocycles. The van der Waals surface area contributed by atoms with Crippen molar-refractivity contribution in [2.24, 2.45) is 0 Å². The van der Waals surface area contributed by atoms with E-state index in [4.69, 9.17) is 19.6 Å². The number of nitrogens with one attached hydrogen (secondary N) is 4. The third-order valence-corrected chi connectivity index (χ3v) is 27.4. The van der Waals surface area contributed by atoms with E-state index >= 15 is 0 Å². The van der Waals surface area contributed by atoms with Gasteiger partial charge in [-0.05, 0) is 223 Å². The van der Waals surface area contributed by atoms with Gasteiger partial charge in [0, 0.05) is 4.90 Å². The van der Waals surface area contributed by atoms with Crippen molar-refractivity contribution in [2.75, 3.05) is 32.7 Å². The molecule has 17 heteroatoms. The lowest BCUT2D eigenvalue weighted by Crippen LogP contribution is -2.31. The highest BCUT2D eigenvalue weighted by Gasteiger charge is 2.26. The second-order valence-corrected chi connectivity index (χ2v) is 38.8. The van der Waals surface area contributed by atoms with Crippen LogP contribution in [0.2, 0.25) is 0 Å². The van der Waals surface area contributed by atoms with Crippen LogP contribution in [0.15, 0.2) is 369 Å². The number of benzene rings is 15. The van der Waals surface area contributed by atoms with Crippen molar-refractivity contribution in [3.05, 3.63) is 503 Å². The van der Waals surface area contributed by atoms with Crippen LogP contribution in [0.3, 0.4) is 0 Å². The lowest BCUT2D eigenvalue weighted by atomic mass is 10.0. The smallest absolute Gasteiger partial charge is 0.203 e. The van der Waals surface area contributed by atoms with Gasteiger partial charge in [0.05, 0.1) is 141 Å². The fourth-order valence-electron chi connectivity index (χ4n) is 18.6. The van der Waals surface area contributed by atoms with Crippen LogP contribution in [0, 0.1) is 90.9 Å². The molecule has 4 heterocycles. The first-order valence-electron chi connectivity index (χ1n) is 49.0. The maximum absolute atomic E-state index is 10.2. The highest BCUT2D eigenvalue weighted by Crippen LogP contribution is 2.31. The maximum Gasteiger partial charge on any atom is 0.203 e. The summed E-state index contributed by atoms with van der Waals surface area (Å²) >= 11 is 1.74. The van der Waals surface area contributed by atoms with Crippen LogP contribution in [-0.2, 0) is 85.9 Å². The fraction of sp³-hybridized carbons (Fsp3) is 0.242. The first kappa shape index (κ1) is 99.6. The van der Waals surface area contributed by atoms with E-state index in [1.165, 1.54) is 93.9 Å². The molecule has 19 rings (SSSR count). The zero-order valence-electron chi connectivity index (χ0n) is 83.2. The Kier molecular flexibility index (Phi) is 33.5. The summed E-state index contributed by atoms with van der Waals surface area (Å²) in [7, 11) is 0. The van der Waals surface area contributed by atoms with Gasteiger partial charge in [0.2, 0.25) is 22.5 Å². The van der Waals surface area contributed by atoms with Crippen LogP contribution < -0.4 is 22.5 Å². The monoisotopic (exact) mass is 1890 g/mol. The van der Waals surface area contributed by atoms with E-state index < -0.39 is 0 Å². The first-order chi connectivity index (χ1) is 68.5. The summed E-state index contributed by atoms with van der Waals surface area (Å²) in [5.41, 5.74) is 35.9. The zero-order valence-corrected chi connectivity index (χ0v) is 84.0. The molecule has 141 heavy (non-hydrogen) atoms. The van der Waals surface area contributed by atoms with Crippen LogP contribution in [-0.4, -0.2) is 74.3 Å². The summed E-state index contributed by atoms with van der Waals surface area (Å²) in [5, 5.41) is 47.0. The molecule has 4 atom stereocenters. The predicted molar refractivity (Wildman–Crippen MR) is 577 cm³/mol. The van der Waals surface area contributed by atoms with Crippen LogP contribution >= 0.6 is 11.8 Å². The van der Waals surface area contributed by atoms with Gasteiger partial charge in [-0.15, -0.1) is 11.8 Å². The van der Waals surface area contributed by atoms with E-state index in [0.717, 1.165) is 91.2 Å². The topological polar surface area (TPSA) is 183 Å². The summed E-state index contributed by atoms with van der Waals surface area (Å²) in [6, 6.07) is 127. The summed E-state index contributed by atoms with van der Waals surface area (Å²) in [6.45, 7) is 26.8. The second-order valence-electron chi connectivity index (χ2n) is 37.9. The van der Waals surface area contributed by atoms with Crippen molar-refractivity contribution in [1.82, 2.24) is 36.5 Å². The highest BCUT2D eigenvalue weighted by molar-refractivity contribution is 7.98. The molecular weight excluding hydrogens is 1750 g/mol. The summed E-state index contributed by atoms with van der Waals surface area (Å²) in [6.07, 6.45) is 5.16. The minimum atomic E-state index is -0.186. The number of ether oxygens (including phenoxy) is 3. The molecule has 0 unspecified atom stereocenters. The molecule has 15 aromatic carbocycles. The first-order valence-corrected chi connectivity index (χ1v) is 50.3. The van der Waals surface area contributed by atoms with Crippen LogP contribution in [0.4, 0.5) is 0 Å². The van der Waals surface area contributed by atoms with Crippen LogP contribution in [0.25, 0.3) is 44.1 Å². The molecule has 16 nitrogen and oxygen atoms in total. The number of hydrogen-bond donors (Lipinski definition) is 5. The Balaban J connectivity index is 0.000000136. The number of aryl methyl sites for hydroxylation is 10. The molecule has 0 radical (unpaired) electrons. The maximum atomic E-state index is 10.2. The van der Waals surface area contributed by atoms with Gasteiger partial charge < -0.3 is 55.9 Å². The third-order valence-electron chi connectivity index (χ3n) is 26.7. The van der Waals surface area contributed by atoms with Gasteiger partial charge in [-0.25, -0.2) is 0 Å². The summed E-state index contributed by atoms with van der Waals surface area (Å²) in [5.74, 6) is 0. The van der Waals surface area contributed by atoms with Crippen LogP contribution in [0.1, 0.15) is 141 Å². The minimum absolute atomic E-state index is 0.00942. The average Bonchev–Trinajstić information content (AvgIpc) is 1.63. The van der Waals surface area contributed by atoms with E-state index in [1.54, 1.807) is 11.8 Å². The average molecular weight is 1890 g/mol. The zero-order chi connectivity index (χ0) is 98.4. The SMILES string of the molecule is CSc1ccc(COC[C@@H](Cc2ccc(C)cc2)n2c(=N)n(Cc3ccc(C)cc3)c3ccccc32)cc1.Cc1ccc(COC[C@@H](Cc2ccc(C)cc2)n2c(=N)n(Cc3ccc(C)cc3)c3ccccc32)cc1.Cc1ccc(COC[C@H](Cc2ccc(C)cc2)n2c(=N)n(Cc3ccc(C)cc3)c3ccccc32)cc1.Cc1ccc(C[C@H](CO)n2c(=N)n(Cc3ccc(C)cc3)c3ccccc32)cc1. The van der Waals surface area contributed by atoms with Crippen molar-refractivity contribution in [3.63, 3.8) is 0 Å². The van der Waals surface area contributed by atoms with Gasteiger partial charge >= 0.3 is 0 Å². The number of rotatable bonds is 34. The lowest BCUT2D eigenvalue weighted by Gasteiger charge is -2.20. The number of para-hydroxylation sites is 8. The Bertz CT molecular complexity index is 7340. The number of hydrogen-bond acceptors (Lipinski definition) is 9. The number of fused-ring (bicyclic) bond motifs is 4. The number of aromatic nitrogens is 8. The Hall–Kier alpha value is -14.4. The van der Waals surface area contributed by atoms with Gasteiger partial charge in [-0.2, -0.15) is 0 Å². The van der Waals surface area contributed by atoms with Gasteiger partial charge in [0.15, 0.2) is 0 Å². The van der Waals surface area contributed by atoms with Gasteiger partial charge in [0.25, 0.3) is 0 Å². The molecule has 0 saturated heterocycles. The molecule has 0 amide bonds. The third kappa shape index (κ3) is 25.6. The quantitative estimate of drug-likeness (QED) is 0.0251. The normalized spacial score (nSPS) is 12.2. The largest absolute Gasteiger partial charge is 0.394 e. The molecule has 0 bridgehead atoms. The Morgan fingerprint density at radius 2 is 0.390 bits per heavy atom. The molecule has 0 aliphatic heterocycles. The van der Waals surface area contributed by atoms with Crippen molar-refractivity contribution in [1.29, 1.82) is 21.6 Å². The molecule has 0 spiro atoms. The molecule has 4 aromatic heterocycles. The highest BCUT2D eigenvalue weighted by atomic mass is 32.2. The standard InChI is InChI=1S/C33H35N3OS.2C33H35N3O.C25H27N3O/c1-24-8-12-26(13-9-24)20-29(23-37-22-28-16-18-30(38-3)19-17-28)36-32-7-5-4-6-31(32)35(33(36)34)21-27-14-10-25(2)11-15-27;2*1-24-8-14-27(15-9-24)20-30(23-37-22-29-18-12-26(3)13-19-29)36-32-7-5-4-6-31(32)35(33(36)34)21-28-16-10-25(2)11-17-28;1-18-7-11-20(12-8-18)15-22(17-29)28-24-6-4-3-5-23(24)27(25(28)26)16-21-13-9-19(2)10-14-21/h4-19,29,34H,20-23H2,1-3H3;2*4-19,30,34H,20-23H2,1-3H3;3-14,22,26,29H,15-17H2,1-2H3/t29-;2*30-;22-/m1101/s1. The number of thioether (sulfide) groups is 1. The van der Waals surface area contributed by atoms with Crippen molar-refractivity contribution >= 4 is 55.9 Å². The molecule has 0 aliphatic rings. The van der Waals surface area contributed by atoms with E-state index in [0.29, 0.717) is 94.7 Å². The van der Waals surface area contributed by atoms with Crippen molar-refractivity contribution in [3.8, 4) is 0 Å². The molecule has 0 fully saturated rings. The Labute approximate surface area is 833 Å². The fourth-order valence-corrected chi connectivity index (χ4v) is 19.0. The van der Waals surface area contributed by atoms with E-state index in [9.17, 15) is 21.3 Å². The number of aliphatic hydroxyl groups is 1. The number of nitrogens with zero attached hydrogens (tertiary/aromatic N) is 8. The van der Waals surface area contributed by atoms with Crippen LogP contribution in [0.5, 0.6) is 0 Å². The Morgan fingerprint density at radius 3 is 0.589 bits per heavy atom. The molecule has 718 valence electrons. The number of imidazole rings is 4. The summed E-state index contributed by atoms with van der Waals surface area (Å²) in [4.78, 5) is 1.25. The van der Waals surface area contributed by atoms with E-state index in [1.807, 2.05) is 27.3 Å².